The van der Waals surface area contributed by atoms with Gasteiger partial charge >= 0.3 is 13.5 Å². The molecule has 22 heteroatoms. The minimum Gasteiger partial charge on any atom is -0.369 e. The lowest BCUT2D eigenvalue weighted by atomic mass is 10.2. The van der Waals surface area contributed by atoms with E-state index in [1.807, 2.05) is 0 Å². The number of rotatable bonds is 2. The number of alkyl halides is 1. The van der Waals surface area contributed by atoms with Crippen LogP contribution in [0.15, 0.2) is 17.3 Å². The van der Waals surface area contributed by atoms with Gasteiger partial charge < -0.3 is 24.5 Å². The van der Waals surface area contributed by atoms with Crippen molar-refractivity contribution in [2.45, 2.75) is 56.7 Å². The summed E-state index contributed by atoms with van der Waals surface area (Å²) in [5, 5.41) is 0. The van der Waals surface area contributed by atoms with Gasteiger partial charge in [0, 0.05) is 12.5 Å². The van der Waals surface area contributed by atoms with Crippen LogP contribution in [0.4, 0.5) is 10.3 Å². The molecule has 17 nitrogen and oxygen atoms in total. The number of imidazole rings is 2. The molecule has 1 saturated heterocycles. The molecule has 2 unspecified atom stereocenters. The van der Waals surface area contributed by atoms with E-state index >= 15 is 4.39 Å². The van der Waals surface area contributed by atoms with Crippen LogP contribution in [0.25, 0.3) is 22.3 Å². The van der Waals surface area contributed by atoms with E-state index in [-0.39, 0.29) is 48.6 Å². The molecule has 4 aromatic rings. The van der Waals surface area contributed by atoms with Gasteiger partial charge in [-0.1, -0.05) is 12.2 Å². The molecular weight excluding hydrogens is 639 g/mol. The van der Waals surface area contributed by atoms with Crippen molar-refractivity contribution in [3.63, 3.8) is 0 Å². The van der Waals surface area contributed by atoms with E-state index in [0.717, 1.165) is 23.7 Å². The van der Waals surface area contributed by atoms with Crippen LogP contribution in [-0.4, -0.2) is 69.1 Å². The Morgan fingerprint density at radius 3 is 2.79 bits per heavy atom. The molecule has 0 radical (unpaired) electrons. The lowest BCUT2D eigenvalue weighted by Crippen LogP contribution is -2.31. The summed E-state index contributed by atoms with van der Waals surface area (Å²) < 4.78 is 59.7. The number of H-pyrrole nitrogens is 1. The smallest absolute Gasteiger partial charge is 0.369 e. The number of aromatic nitrogens is 8. The highest BCUT2D eigenvalue weighted by molar-refractivity contribution is 8.44. The molecule has 224 valence electrons. The Labute approximate surface area is 244 Å². The van der Waals surface area contributed by atoms with Crippen LogP contribution in [0.2, 0.25) is 0 Å². The third kappa shape index (κ3) is 5.29. The molecule has 6 atom stereocenters. The van der Waals surface area contributed by atoms with Gasteiger partial charge in [-0.25, -0.2) is 28.9 Å². The van der Waals surface area contributed by atoms with Crippen molar-refractivity contribution in [2.24, 2.45) is 0 Å². The highest BCUT2D eigenvalue weighted by Crippen LogP contribution is 2.58. The van der Waals surface area contributed by atoms with Gasteiger partial charge in [0.05, 0.1) is 19.1 Å². The molecular formula is C20H22FN9O8P2S2. The average Bonchev–Trinajstić information content (AvgIpc) is 3.52. The molecule has 6 heterocycles. The Morgan fingerprint density at radius 1 is 1.19 bits per heavy atom. The molecule has 2 fully saturated rings. The summed E-state index contributed by atoms with van der Waals surface area (Å²) >= 11 is 9.19. The fraction of sp³-hybridized carbons (Fsp3) is 0.500. The second-order valence-electron chi connectivity index (χ2n) is 9.72. The number of nitrogens with zero attached hydrogens (tertiary/aromatic N) is 7. The van der Waals surface area contributed by atoms with Gasteiger partial charge in [-0.05, 0) is 24.6 Å². The maximum absolute atomic E-state index is 15.8. The molecule has 0 spiro atoms. The number of fused-ring (bicyclic) bond motifs is 6. The van der Waals surface area contributed by atoms with Crippen molar-refractivity contribution in [3.8, 4) is 0 Å². The largest absolute Gasteiger partial charge is 0.387 e. The molecule has 2 bridgehead atoms. The molecule has 3 aliphatic rings. The highest BCUT2D eigenvalue weighted by Gasteiger charge is 2.52. The van der Waals surface area contributed by atoms with Gasteiger partial charge in [-0.15, -0.1) is 0 Å². The quantitative estimate of drug-likeness (QED) is 0.178. The van der Waals surface area contributed by atoms with Crippen molar-refractivity contribution in [2.75, 3.05) is 12.3 Å². The van der Waals surface area contributed by atoms with Crippen molar-refractivity contribution in [1.29, 1.82) is 0 Å². The summed E-state index contributed by atoms with van der Waals surface area (Å²) in [7, 11) is 0. The lowest BCUT2D eigenvalue weighted by molar-refractivity contribution is -0.121. The van der Waals surface area contributed by atoms with Crippen LogP contribution in [-0.2, 0) is 52.4 Å². The predicted octanol–water partition coefficient (Wildman–Crippen LogP) is 1.82. The molecule has 1 saturated carbocycles. The van der Waals surface area contributed by atoms with Gasteiger partial charge in [-0.3, -0.25) is 27.9 Å². The highest BCUT2D eigenvalue weighted by atomic mass is 32.7. The van der Waals surface area contributed by atoms with Crippen LogP contribution < -0.4 is 11.3 Å². The summed E-state index contributed by atoms with van der Waals surface area (Å²) in [4.78, 5) is 46.9. The van der Waals surface area contributed by atoms with Crippen molar-refractivity contribution < 1.29 is 36.7 Å². The van der Waals surface area contributed by atoms with E-state index in [0.29, 0.717) is 17.0 Å². The van der Waals surface area contributed by atoms with Crippen molar-refractivity contribution in [1.82, 2.24) is 39.0 Å². The van der Waals surface area contributed by atoms with Gasteiger partial charge in [0.25, 0.3) is 5.56 Å². The molecule has 0 aromatic carbocycles. The average molecular weight is 662 g/mol. The maximum atomic E-state index is 15.8. The second kappa shape index (κ2) is 10.4. The van der Waals surface area contributed by atoms with Gasteiger partial charge in [0.2, 0.25) is 12.2 Å². The van der Waals surface area contributed by atoms with Gasteiger partial charge in [-0.2, -0.15) is 4.98 Å². The van der Waals surface area contributed by atoms with Crippen LogP contribution in [0.1, 0.15) is 36.6 Å². The fourth-order valence-corrected chi connectivity index (χ4v) is 7.39. The van der Waals surface area contributed by atoms with Crippen LogP contribution >= 0.6 is 25.8 Å². The van der Waals surface area contributed by atoms with E-state index in [4.69, 9.17) is 40.4 Å². The Hall–Kier alpha value is -2.38. The number of halogens is 1. The maximum Gasteiger partial charge on any atom is 0.387 e. The number of nitrogens with two attached hydrogens (primary N) is 1. The first-order valence-electron chi connectivity index (χ1n) is 12.5. The third-order valence-electron chi connectivity index (χ3n) is 6.80. The zero-order valence-electron chi connectivity index (χ0n) is 21.2. The first kappa shape index (κ1) is 28.4. The van der Waals surface area contributed by atoms with Crippen molar-refractivity contribution in [3.05, 3.63) is 34.5 Å². The zero-order valence-corrected chi connectivity index (χ0v) is 24.7. The number of hydrogen-bond acceptors (Lipinski definition) is 14. The molecule has 2 aliphatic heterocycles. The summed E-state index contributed by atoms with van der Waals surface area (Å²) in [6, 6.07) is 0. The normalized spacial score (nSPS) is 32.6. The van der Waals surface area contributed by atoms with Gasteiger partial charge in [0.1, 0.15) is 29.9 Å². The second-order valence-corrected chi connectivity index (χ2v) is 15.4. The number of thiol groups is 1. The summed E-state index contributed by atoms with van der Waals surface area (Å²) in [6.45, 7) is -8.92. The molecule has 42 heavy (non-hydrogen) atoms. The molecule has 4 aromatic heterocycles. The Balaban J connectivity index is 1.26. The minimum absolute atomic E-state index is 0.0782. The number of ether oxygens (including phenoxy) is 1. The van der Waals surface area contributed by atoms with Crippen LogP contribution in [0.5, 0.6) is 0 Å². The molecule has 4 N–H and O–H groups in total. The third-order valence-corrected chi connectivity index (χ3v) is 9.95. The minimum atomic E-state index is -4.34. The van der Waals surface area contributed by atoms with Crippen molar-refractivity contribution >= 4 is 65.8 Å². The number of nitrogen functional groups attached to an aromatic ring is 1. The molecule has 7 rings (SSSR count). The Morgan fingerprint density at radius 2 is 2.00 bits per heavy atom. The topological polar surface area (TPSA) is 217 Å². The first-order chi connectivity index (χ1) is 20.0. The monoisotopic (exact) mass is 661 g/mol. The van der Waals surface area contributed by atoms with Crippen LogP contribution in [0, 0.1) is 0 Å². The Bertz CT molecular complexity index is 1870. The predicted molar refractivity (Wildman–Crippen MR) is 148 cm³/mol. The first-order valence-corrected chi connectivity index (χ1v) is 17.8. The number of hydrogen-bond donors (Lipinski definition) is 4. The van der Waals surface area contributed by atoms with E-state index in [1.54, 1.807) is 10.8 Å². The number of anilines is 1. The van der Waals surface area contributed by atoms with E-state index in [2.05, 4.69) is 42.2 Å². The zero-order chi connectivity index (χ0) is 29.4. The summed E-state index contributed by atoms with van der Waals surface area (Å²) in [6.07, 6.45) is -2.59. The summed E-state index contributed by atoms with van der Waals surface area (Å²) in [5.74, 6) is 0.965. The standard InChI is InChI=1S/C20H22FN9O8P2S2/c21-11-13-18(30-7-24-12-16(30)27-20(22)28-17(12)31)36-19(11)38-39(32,41)34-4-3-29-10(6-35-40(33,42)37-13)25-9-5-23-14(8-1-2-8)26-15(9)29/h5,7-8,11,13,18-19H,1-4,6H2,(H,32,41)(H,33,42)(H3,22,27,28,31)/t11-,13+,18+,19+,39?,40?/m0/s1. The number of aromatic amines is 1. The molecule has 1 aliphatic carbocycles. The van der Waals surface area contributed by atoms with E-state index in [1.165, 1.54) is 0 Å². The Kier molecular flexibility index (Phi) is 7.01. The van der Waals surface area contributed by atoms with Gasteiger partial charge in [0.15, 0.2) is 29.2 Å². The van der Waals surface area contributed by atoms with Crippen LogP contribution in [0.3, 0.4) is 0 Å². The SMILES string of the molecule is Nc1nc2c(ncn2[C@@H]2O[C@@H]3OP(O)(=S)OCCn4c(nc5cnc(C6CC6)nc54)COP(=O)(S)O[C@@H]2[C@@H]3F)c(=O)[nH]1. The van der Waals surface area contributed by atoms with E-state index < -0.39 is 43.9 Å². The number of nitrogens with one attached hydrogen (secondary N) is 1. The van der Waals surface area contributed by atoms with E-state index in [9.17, 15) is 14.3 Å². The fourth-order valence-electron chi connectivity index (χ4n) is 4.74. The lowest BCUT2D eigenvalue weighted by Gasteiger charge is -2.24. The summed E-state index contributed by atoms with van der Waals surface area (Å²) in [5.41, 5.74) is 5.72. The molecule has 0 amide bonds.